The van der Waals surface area contributed by atoms with Crippen LogP contribution >= 0.6 is 0 Å². The molecule has 1 unspecified atom stereocenters. The SMILES string of the molecule is CCC(=O)NCCC(C)c1ccccc1-c1ccccc1. The van der Waals surface area contributed by atoms with E-state index in [1.807, 2.05) is 13.0 Å². The smallest absolute Gasteiger partial charge is 0.219 e. The second kappa shape index (κ2) is 7.63. The molecule has 0 spiro atoms. The van der Waals surface area contributed by atoms with Crippen LogP contribution in [-0.4, -0.2) is 12.5 Å². The molecule has 0 aliphatic carbocycles. The number of hydrogen-bond acceptors (Lipinski definition) is 1. The van der Waals surface area contributed by atoms with Crippen molar-refractivity contribution in [3.8, 4) is 11.1 Å². The highest BCUT2D eigenvalue weighted by Gasteiger charge is 2.11. The van der Waals surface area contributed by atoms with E-state index < -0.39 is 0 Å². The van der Waals surface area contributed by atoms with Gasteiger partial charge < -0.3 is 5.32 Å². The van der Waals surface area contributed by atoms with Crippen molar-refractivity contribution in [2.24, 2.45) is 0 Å². The van der Waals surface area contributed by atoms with Gasteiger partial charge in [-0.1, -0.05) is 68.4 Å². The maximum Gasteiger partial charge on any atom is 0.219 e. The maximum atomic E-state index is 11.3. The molecular formula is C19H23NO. The van der Waals surface area contributed by atoms with Crippen molar-refractivity contribution in [2.45, 2.75) is 32.6 Å². The normalized spacial score (nSPS) is 11.9. The minimum Gasteiger partial charge on any atom is -0.356 e. The molecule has 1 N–H and O–H groups in total. The van der Waals surface area contributed by atoms with E-state index >= 15 is 0 Å². The van der Waals surface area contributed by atoms with Crippen LogP contribution in [0, 0.1) is 0 Å². The Morgan fingerprint density at radius 2 is 1.71 bits per heavy atom. The first-order valence-corrected chi connectivity index (χ1v) is 7.63. The minimum atomic E-state index is 0.124. The van der Waals surface area contributed by atoms with Gasteiger partial charge in [0.05, 0.1) is 0 Å². The van der Waals surface area contributed by atoms with Crippen molar-refractivity contribution in [3.05, 3.63) is 60.2 Å². The van der Waals surface area contributed by atoms with Crippen LogP contribution in [0.1, 0.15) is 38.2 Å². The number of amides is 1. The zero-order chi connectivity index (χ0) is 15.1. The lowest BCUT2D eigenvalue weighted by molar-refractivity contribution is -0.120. The molecule has 2 heteroatoms. The zero-order valence-corrected chi connectivity index (χ0v) is 12.8. The van der Waals surface area contributed by atoms with Gasteiger partial charge in [-0.15, -0.1) is 0 Å². The van der Waals surface area contributed by atoms with Gasteiger partial charge in [-0.25, -0.2) is 0 Å². The summed E-state index contributed by atoms with van der Waals surface area (Å²) in [6.45, 7) is 4.83. The summed E-state index contributed by atoms with van der Waals surface area (Å²) in [4.78, 5) is 11.3. The van der Waals surface area contributed by atoms with Gasteiger partial charge in [-0.2, -0.15) is 0 Å². The number of rotatable bonds is 6. The van der Waals surface area contributed by atoms with Gasteiger partial charge in [0.25, 0.3) is 0 Å². The molecule has 0 aliphatic heterocycles. The van der Waals surface area contributed by atoms with E-state index in [1.165, 1.54) is 16.7 Å². The van der Waals surface area contributed by atoms with E-state index in [0.717, 1.165) is 13.0 Å². The molecular weight excluding hydrogens is 258 g/mol. The van der Waals surface area contributed by atoms with E-state index in [4.69, 9.17) is 0 Å². The van der Waals surface area contributed by atoms with Crippen LogP contribution < -0.4 is 5.32 Å². The number of hydrogen-bond donors (Lipinski definition) is 1. The van der Waals surface area contributed by atoms with Gasteiger partial charge in [-0.3, -0.25) is 4.79 Å². The molecule has 0 fully saturated rings. The maximum absolute atomic E-state index is 11.3. The molecule has 2 aromatic rings. The van der Waals surface area contributed by atoms with Gasteiger partial charge >= 0.3 is 0 Å². The fourth-order valence-electron chi connectivity index (χ4n) is 2.52. The Morgan fingerprint density at radius 3 is 2.43 bits per heavy atom. The first-order valence-electron chi connectivity index (χ1n) is 7.63. The highest BCUT2D eigenvalue weighted by molar-refractivity contribution is 5.75. The number of carbonyl (C=O) groups excluding carboxylic acids is 1. The van der Waals surface area contributed by atoms with Crippen LogP contribution in [0.15, 0.2) is 54.6 Å². The summed E-state index contributed by atoms with van der Waals surface area (Å²) in [6.07, 6.45) is 1.50. The van der Waals surface area contributed by atoms with Crippen LogP contribution in [0.3, 0.4) is 0 Å². The second-order valence-electron chi connectivity index (χ2n) is 5.35. The summed E-state index contributed by atoms with van der Waals surface area (Å²) in [5.41, 5.74) is 3.87. The van der Waals surface area contributed by atoms with Crippen molar-refractivity contribution < 1.29 is 4.79 Å². The van der Waals surface area contributed by atoms with Gasteiger partial charge in [0.2, 0.25) is 5.91 Å². The average molecular weight is 281 g/mol. The molecule has 1 atom stereocenters. The molecule has 2 rings (SSSR count). The summed E-state index contributed by atoms with van der Waals surface area (Å²) in [5.74, 6) is 0.539. The Balaban J connectivity index is 2.11. The summed E-state index contributed by atoms with van der Waals surface area (Å²) in [7, 11) is 0. The number of carbonyl (C=O) groups is 1. The van der Waals surface area contributed by atoms with Crippen LogP contribution in [0.25, 0.3) is 11.1 Å². The Bertz CT molecular complexity index is 577. The van der Waals surface area contributed by atoms with E-state index in [-0.39, 0.29) is 5.91 Å². The zero-order valence-electron chi connectivity index (χ0n) is 12.8. The highest BCUT2D eigenvalue weighted by Crippen LogP contribution is 2.30. The number of nitrogens with one attached hydrogen (secondary N) is 1. The second-order valence-corrected chi connectivity index (χ2v) is 5.35. The lowest BCUT2D eigenvalue weighted by Crippen LogP contribution is -2.24. The van der Waals surface area contributed by atoms with Crippen molar-refractivity contribution in [1.29, 1.82) is 0 Å². The highest BCUT2D eigenvalue weighted by atomic mass is 16.1. The third-order valence-corrected chi connectivity index (χ3v) is 3.80. The number of benzene rings is 2. The summed E-state index contributed by atoms with van der Waals surface area (Å²) in [6, 6.07) is 19.0. The Hall–Kier alpha value is -2.09. The molecule has 0 saturated carbocycles. The van der Waals surface area contributed by atoms with E-state index in [1.54, 1.807) is 0 Å². The Morgan fingerprint density at radius 1 is 1.05 bits per heavy atom. The van der Waals surface area contributed by atoms with E-state index in [9.17, 15) is 4.79 Å². The predicted octanol–water partition coefficient (Wildman–Crippen LogP) is 4.37. The summed E-state index contributed by atoms with van der Waals surface area (Å²) in [5, 5.41) is 2.95. The van der Waals surface area contributed by atoms with Gasteiger partial charge in [0.1, 0.15) is 0 Å². The standard InChI is InChI=1S/C19H23NO/c1-3-19(21)20-14-13-15(2)17-11-7-8-12-18(17)16-9-5-4-6-10-16/h4-12,15H,3,13-14H2,1-2H3,(H,20,21). The molecule has 0 saturated heterocycles. The molecule has 0 bridgehead atoms. The first-order chi connectivity index (χ1) is 10.2. The lowest BCUT2D eigenvalue weighted by atomic mass is 9.90. The molecule has 21 heavy (non-hydrogen) atoms. The minimum absolute atomic E-state index is 0.124. The van der Waals surface area contributed by atoms with Crippen molar-refractivity contribution in [1.82, 2.24) is 5.32 Å². The fraction of sp³-hybridized carbons (Fsp3) is 0.316. The summed E-state index contributed by atoms with van der Waals surface area (Å²) < 4.78 is 0. The van der Waals surface area contributed by atoms with Gasteiger partial charge in [0, 0.05) is 13.0 Å². The lowest BCUT2D eigenvalue weighted by Gasteiger charge is -2.17. The Kier molecular flexibility index (Phi) is 5.56. The van der Waals surface area contributed by atoms with Crippen molar-refractivity contribution in [3.63, 3.8) is 0 Å². The molecule has 0 radical (unpaired) electrons. The molecule has 0 heterocycles. The molecule has 2 nitrogen and oxygen atoms in total. The first kappa shape index (κ1) is 15.3. The van der Waals surface area contributed by atoms with Gasteiger partial charge in [-0.05, 0) is 29.0 Å². The molecule has 0 aliphatic rings. The third-order valence-electron chi connectivity index (χ3n) is 3.80. The Labute approximate surface area is 127 Å². The molecule has 110 valence electrons. The molecule has 0 aromatic heterocycles. The molecule has 2 aromatic carbocycles. The predicted molar refractivity (Wildman–Crippen MR) is 88.2 cm³/mol. The van der Waals surface area contributed by atoms with E-state index in [0.29, 0.717) is 12.3 Å². The monoisotopic (exact) mass is 281 g/mol. The van der Waals surface area contributed by atoms with Gasteiger partial charge in [0.15, 0.2) is 0 Å². The van der Waals surface area contributed by atoms with E-state index in [2.05, 4.69) is 60.8 Å². The van der Waals surface area contributed by atoms with Crippen LogP contribution in [-0.2, 0) is 4.79 Å². The van der Waals surface area contributed by atoms with Crippen LogP contribution in [0.4, 0.5) is 0 Å². The molecule has 1 amide bonds. The van der Waals surface area contributed by atoms with Crippen molar-refractivity contribution >= 4 is 5.91 Å². The van der Waals surface area contributed by atoms with Crippen LogP contribution in [0.5, 0.6) is 0 Å². The fourth-order valence-corrected chi connectivity index (χ4v) is 2.52. The largest absolute Gasteiger partial charge is 0.356 e. The van der Waals surface area contributed by atoms with Crippen molar-refractivity contribution in [2.75, 3.05) is 6.54 Å². The quantitative estimate of drug-likeness (QED) is 0.836. The topological polar surface area (TPSA) is 29.1 Å². The summed E-state index contributed by atoms with van der Waals surface area (Å²) >= 11 is 0. The average Bonchev–Trinajstić information content (AvgIpc) is 2.55. The third kappa shape index (κ3) is 4.19. The van der Waals surface area contributed by atoms with Crippen LogP contribution in [0.2, 0.25) is 0 Å².